The third-order valence-corrected chi connectivity index (χ3v) is 5.39. The number of amides is 1. The highest BCUT2D eigenvalue weighted by molar-refractivity contribution is 6.31. The molecule has 1 N–H and O–H groups in total. The molecule has 2 atom stereocenters. The predicted octanol–water partition coefficient (Wildman–Crippen LogP) is 4.03. The van der Waals surface area contributed by atoms with Gasteiger partial charge in [0, 0.05) is 17.5 Å². The van der Waals surface area contributed by atoms with Crippen molar-refractivity contribution in [2.75, 3.05) is 6.54 Å². The van der Waals surface area contributed by atoms with Crippen LogP contribution in [0.25, 0.3) is 0 Å². The van der Waals surface area contributed by atoms with Gasteiger partial charge in [0.25, 0.3) is 0 Å². The summed E-state index contributed by atoms with van der Waals surface area (Å²) in [4.78, 5) is 26.1. The van der Waals surface area contributed by atoms with E-state index in [9.17, 15) is 14.7 Å². The number of fused-ring (bicyclic) bond motifs is 1. The smallest absolute Gasteiger partial charge is 0.326 e. The van der Waals surface area contributed by atoms with E-state index in [1.54, 1.807) is 6.92 Å². The Hall–Kier alpha value is -2.33. The van der Waals surface area contributed by atoms with Crippen LogP contribution in [0, 0.1) is 6.92 Å². The Morgan fingerprint density at radius 3 is 2.65 bits per heavy atom. The summed E-state index contributed by atoms with van der Waals surface area (Å²) in [5.74, 6) is -1.28. The first-order valence-corrected chi connectivity index (χ1v) is 9.16. The summed E-state index contributed by atoms with van der Waals surface area (Å²) in [6.45, 7) is 4.11. The zero-order chi connectivity index (χ0) is 18.8. The van der Waals surface area contributed by atoms with Gasteiger partial charge in [0.2, 0.25) is 5.91 Å². The number of benzene rings is 2. The Morgan fingerprint density at radius 2 is 2.00 bits per heavy atom. The second-order valence-electron chi connectivity index (χ2n) is 6.76. The molecule has 2 aromatic carbocycles. The molecule has 1 amide bonds. The van der Waals surface area contributed by atoms with E-state index in [1.807, 2.05) is 43.3 Å². The molecule has 0 saturated carbocycles. The maximum absolute atomic E-state index is 12.9. The van der Waals surface area contributed by atoms with Crippen molar-refractivity contribution in [1.82, 2.24) is 4.90 Å². The summed E-state index contributed by atoms with van der Waals surface area (Å²) < 4.78 is 0. The van der Waals surface area contributed by atoms with Gasteiger partial charge < -0.3 is 10.0 Å². The average molecular weight is 372 g/mol. The van der Waals surface area contributed by atoms with E-state index in [1.165, 1.54) is 4.90 Å². The van der Waals surface area contributed by atoms with Gasteiger partial charge in [-0.25, -0.2) is 4.79 Å². The number of nitrogens with zero attached hydrogens (tertiary/aromatic N) is 1. The quantitative estimate of drug-likeness (QED) is 0.882. The van der Waals surface area contributed by atoms with Gasteiger partial charge in [-0.2, -0.15) is 0 Å². The van der Waals surface area contributed by atoms with Crippen molar-refractivity contribution in [3.63, 3.8) is 0 Å². The molecule has 5 heteroatoms. The summed E-state index contributed by atoms with van der Waals surface area (Å²) in [6, 6.07) is 12.8. The Labute approximate surface area is 158 Å². The van der Waals surface area contributed by atoms with E-state index < -0.39 is 12.0 Å². The van der Waals surface area contributed by atoms with Crippen LogP contribution in [0.15, 0.2) is 42.5 Å². The van der Waals surface area contributed by atoms with Crippen LogP contribution in [-0.4, -0.2) is 34.5 Å². The van der Waals surface area contributed by atoms with Crippen molar-refractivity contribution in [2.24, 2.45) is 0 Å². The summed E-state index contributed by atoms with van der Waals surface area (Å²) >= 11 is 6.46. The monoisotopic (exact) mass is 371 g/mol. The third kappa shape index (κ3) is 3.47. The molecule has 4 nitrogen and oxygen atoms in total. The van der Waals surface area contributed by atoms with Crippen molar-refractivity contribution < 1.29 is 14.7 Å². The van der Waals surface area contributed by atoms with Crippen LogP contribution < -0.4 is 0 Å². The fourth-order valence-electron chi connectivity index (χ4n) is 3.71. The van der Waals surface area contributed by atoms with Crippen molar-refractivity contribution >= 4 is 23.5 Å². The molecule has 2 aromatic rings. The summed E-state index contributed by atoms with van der Waals surface area (Å²) in [5, 5.41) is 10.2. The lowest BCUT2D eigenvalue weighted by atomic mass is 9.87. The molecule has 1 aliphatic heterocycles. The molecule has 26 heavy (non-hydrogen) atoms. The van der Waals surface area contributed by atoms with Crippen LogP contribution in [0.2, 0.25) is 5.02 Å². The molecule has 0 aliphatic carbocycles. The molecule has 0 fully saturated rings. The number of aliphatic carboxylic acids is 1. The highest BCUT2D eigenvalue weighted by atomic mass is 35.5. The molecule has 0 aromatic heterocycles. The largest absolute Gasteiger partial charge is 0.480 e. The van der Waals surface area contributed by atoms with Crippen LogP contribution in [0.1, 0.15) is 41.5 Å². The van der Waals surface area contributed by atoms with Crippen LogP contribution in [0.4, 0.5) is 0 Å². The lowest BCUT2D eigenvalue weighted by Crippen LogP contribution is -2.46. The van der Waals surface area contributed by atoms with Crippen LogP contribution >= 0.6 is 11.6 Å². The molecular formula is C21H22ClNO3. The first kappa shape index (κ1) is 18.5. The van der Waals surface area contributed by atoms with Crippen LogP contribution in [-0.2, 0) is 16.0 Å². The molecule has 3 rings (SSSR count). The number of carbonyl (C=O) groups excluding carboxylic acids is 1. The van der Waals surface area contributed by atoms with E-state index in [0.29, 0.717) is 18.0 Å². The van der Waals surface area contributed by atoms with Gasteiger partial charge in [-0.15, -0.1) is 0 Å². The number of carboxylic acid groups (broad SMARTS) is 1. The minimum absolute atomic E-state index is 0.154. The topological polar surface area (TPSA) is 57.6 Å². The number of hydrogen-bond donors (Lipinski definition) is 1. The second-order valence-corrected chi connectivity index (χ2v) is 7.17. The zero-order valence-electron chi connectivity index (χ0n) is 14.9. The van der Waals surface area contributed by atoms with E-state index >= 15 is 0 Å². The minimum Gasteiger partial charge on any atom is -0.480 e. The molecule has 1 aliphatic rings. The maximum atomic E-state index is 12.9. The Morgan fingerprint density at radius 1 is 1.27 bits per heavy atom. The average Bonchev–Trinajstić information content (AvgIpc) is 2.73. The fraction of sp³-hybridized carbons (Fsp3) is 0.333. The number of halogens is 1. The van der Waals surface area contributed by atoms with Crippen molar-refractivity contribution in [3.05, 3.63) is 69.7 Å². The van der Waals surface area contributed by atoms with Crippen LogP contribution in [0.3, 0.4) is 0 Å². The number of aryl methyl sites for hydroxylation is 1. The predicted molar refractivity (Wildman–Crippen MR) is 102 cm³/mol. The summed E-state index contributed by atoms with van der Waals surface area (Å²) in [5.41, 5.74) is 4.01. The number of carbonyl (C=O) groups is 2. The van der Waals surface area contributed by atoms with Gasteiger partial charge in [0.1, 0.15) is 6.04 Å². The Bertz CT molecular complexity index is 849. The molecule has 0 radical (unpaired) electrons. The second kappa shape index (κ2) is 7.50. The molecule has 0 bridgehead atoms. The minimum atomic E-state index is -0.971. The lowest BCUT2D eigenvalue weighted by Gasteiger charge is -2.30. The Balaban J connectivity index is 2.15. The van der Waals surface area contributed by atoms with E-state index in [0.717, 1.165) is 22.3 Å². The molecule has 0 spiro atoms. The number of carboxylic acids is 1. The maximum Gasteiger partial charge on any atom is 0.326 e. The fourth-order valence-corrected chi connectivity index (χ4v) is 3.98. The molecule has 2 unspecified atom stereocenters. The highest BCUT2D eigenvalue weighted by Crippen LogP contribution is 2.36. The summed E-state index contributed by atoms with van der Waals surface area (Å²) in [6.07, 6.45) is 0.575. The molecular weight excluding hydrogens is 350 g/mol. The molecule has 0 saturated heterocycles. The number of rotatable bonds is 4. The van der Waals surface area contributed by atoms with Crippen LogP contribution in [0.5, 0.6) is 0 Å². The molecule has 136 valence electrons. The van der Waals surface area contributed by atoms with E-state index in [2.05, 4.69) is 6.07 Å². The van der Waals surface area contributed by atoms with E-state index in [4.69, 9.17) is 11.6 Å². The van der Waals surface area contributed by atoms with Gasteiger partial charge in [-0.05, 0) is 36.1 Å². The van der Waals surface area contributed by atoms with Gasteiger partial charge in [-0.3, -0.25) is 4.79 Å². The van der Waals surface area contributed by atoms with Gasteiger partial charge in [-0.1, -0.05) is 60.5 Å². The van der Waals surface area contributed by atoms with E-state index in [-0.39, 0.29) is 18.2 Å². The Kier molecular flexibility index (Phi) is 5.33. The first-order valence-electron chi connectivity index (χ1n) is 8.78. The third-order valence-electron chi connectivity index (χ3n) is 5.05. The van der Waals surface area contributed by atoms with Crippen molar-refractivity contribution in [2.45, 2.75) is 38.6 Å². The highest BCUT2D eigenvalue weighted by Gasteiger charge is 2.35. The standard InChI is InChI=1S/C21H22ClNO3/c1-3-19(21(25)26)23-12-17(15-6-4-5-7-18(15)22)16-10-13(2)8-9-14(16)11-20(23)24/h4-10,17,19H,3,11-12H2,1-2H3,(H,25,26). The summed E-state index contributed by atoms with van der Waals surface area (Å²) in [7, 11) is 0. The zero-order valence-corrected chi connectivity index (χ0v) is 15.7. The SMILES string of the molecule is CCC(C(=O)O)N1CC(c2ccccc2Cl)c2cc(C)ccc2CC1=O. The molecule has 1 heterocycles. The van der Waals surface area contributed by atoms with Crippen molar-refractivity contribution in [3.8, 4) is 0 Å². The normalized spacial score (nSPS) is 18.2. The van der Waals surface area contributed by atoms with Gasteiger partial charge in [0.05, 0.1) is 6.42 Å². The van der Waals surface area contributed by atoms with Gasteiger partial charge in [0.15, 0.2) is 0 Å². The van der Waals surface area contributed by atoms with Crippen molar-refractivity contribution in [1.29, 1.82) is 0 Å². The number of hydrogen-bond acceptors (Lipinski definition) is 2. The lowest BCUT2D eigenvalue weighted by molar-refractivity contribution is -0.150. The first-order chi connectivity index (χ1) is 12.4. The van der Waals surface area contributed by atoms with Gasteiger partial charge >= 0.3 is 5.97 Å².